The number of amides is 1. The SMILES string of the molecule is O=C(CCc1ccsc1)Nc1ccc(F)c(S(=O)(=O)N2CCOCC2)c1. The normalized spacial score (nSPS) is 15.7. The molecule has 0 aliphatic carbocycles. The monoisotopic (exact) mass is 398 g/mol. The Morgan fingerprint density at radius 2 is 2.04 bits per heavy atom. The molecule has 0 radical (unpaired) electrons. The maximum Gasteiger partial charge on any atom is 0.246 e. The molecule has 0 spiro atoms. The number of benzene rings is 1. The Labute approximate surface area is 155 Å². The molecule has 1 saturated heterocycles. The van der Waals surface area contributed by atoms with Crippen LogP contribution in [0.1, 0.15) is 12.0 Å². The third-order valence-corrected chi connectivity index (χ3v) is 6.67. The Balaban J connectivity index is 1.71. The molecule has 6 nitrogen and oxygen atoms in total. The lowest BCUT2D eigenvalue weighted by Crippen LogP contribution is -2.40. The number of rotatable bonds is 6. The summed E-state index contributed by atoms with van der Waals surface area (Å²) < 4.78 is 45.8. The number of carbonyl (C=O) groups is 1. The summed E-state index contributed by atoms with van der Waals surface area (Å²) in [6, 6.07) is 5.53. The fraction of sp³-hybridized carbons (Fsp3) is 0.353. The second-order valence-electron chi connectivity index (χ2n) is 5.84. The molecule has 1 aromatic heterocycles. The Morgan fingerprint density at radius 1 is 1.27 bits per heavy atom. The van der Waals surface area contributed by atoms with Crippen LogP contribution in [0.25, 0.3) is 0 Å². The van der Waals surface area contributed by atoms with E-state index in [1.807, 2.05) is 16.8 Å². The van der Waals surface area contributed by atoms with Gasteiger partial charge < -0.3 is 10.1 Å². The van der Waals surface area contributed by atoms with Gasteiger partial charge in [-0.1, -0.05) is 0 Å². The van der Waals surface area contributed by atoms with Gasteiger partial charge in [-0.3, -0.25) is 4.79 Å². The summed E-state index contributed by atoms with van der Waals surface area (Å²) in [5.74, 6) is -1.09. The van der Waals surface area contributed by atoms with E-state index in [0.29, 0.717) is 6.42 Å². The number of morpholine rings is 1. The number of aryl methyl sites for hydroxylation is 1. The molecule has 2 heterocycles. The van der Waals surface area contributed by atoms with Crippen LogP contribution >= 0.6 is 11.3 Å². The number of hydrogen-bond acceptors (Lipinski definition) is 5. The van der Waals surface area contributed by atoms with Gasteiger partial charge in [0.25, 0.3) is 0 Å². The average Bonchev–Trinajstić information content (AvgIpc) is 3.16. The van der Waals surface area contributed by atoms with Crippen molar-refractivity contribution in [1.82, 2.24) is 4.31 Å². The molecule has 0 saturated carbocycles. The number of carbonyl (C=O) groups excluding carboxylic acids is 1. The predicted molar refractivity (Wildman–Crippen MR) is 97.2 cm³/mol. The van der Waals surface area contributed by atoms with Gasteiger partial charge in [0.1, 0.15) is 10.7 Å². The molecule has 1 N–H and O–H groups in total. The van der Waals surface area contributed by atoms with Gasteiger partial charge in [-0.25, -0.2) is 12.8 Å². The highest BCUT2D eigenvalue weighted by Gasteiger charge is 2.29. The molecule has 26 heavy (non-hydrogen) atoms. The fourth-order valence-corrected chi connectivity index (χ4v) is 4.82. The van der Waals surface area contributed by atoms with E-state index in [2.05, 4.69) is 5.32 Å². The zero-order valence-electron chi connectivity index (χ0n) is 14.0. The Morgan fingerprint density at radius 3 is 2.73 bits per heavy atom. The largest absolute Gasteiger partial charge is 0.379 e. The summed E-state index contributed by atoms with van der Waals surface area (Å²) >= 11 is 1.56. The summed E-state index contributed by atoms with van der Waals surface area (Å²) in [4.78, 5) is 11.6. The van der Waals surface area contributed by atoms with Crippen LogP contribution in [0.3, 0.4) is 0 Å². The Hall–Kier alpha value is -1.81. The number of nitrogens with zero attached hydrogens (tertiary/aromatic N) is 1. The summed E-state index contributed by atoms with van der Waals surface area (Å²) in [6.45, 7) is 0.914. The number of sulfonamides is 1. The zero-order chi connectivity index (χ0) is 18.6. The summed E-state index contributed by atoms with van der Waals surface area (Å²) in [5.41, 5.74) is 1.33. The van der Waals surface area contributed by atoms with Crippen molar-refractivity contribution in [2.75, 3.05) is 31.6 Å². The second kappa shape index (κ2) is 8.26. The number of ether oxygens (including phenoxy) is 1. The van der Waals surface area contributed by atoms with Gasteiger partial charge in [-0.2, -0.15) is 15.6 Å². The van der Waals surface area contributed by atoms with Gasteiger partial charge >= 0.3 is 0 Å². The molecule has 1 aliphatic rings. The van der Waals surface area contributed by atoms with E-state index in [4.69, 9.17) is 4.74 Å². The quantitative estimate of drug-likeness (QED) is 0.811. The molecule has 0 atom stereocenters. The third kappa shape index (κ3) is 4.47. The van der Waals surface area contributed by atoms with Crippen LogP contribution in [-0.2, 0) is 26.0 Å². The minimum Gasteiger partial charge on any atom is -0.379 e. The molecule has 0 bridgehead atoms. The highest BCUT2D eigenvalue weighted by molar-refractivity contribution is 7.89. The summed E-state index contributed by atoms with van der Waals surface area (Å²) in [7, 11) is -3.97. The maximum atomic E-state index is 14.1. The second-order valence-corrected chi connectivity index (χ2v) is 8.53. The lowest BCUT2D eigenvalue weighted by Gasteiger charge is -2.26. The molecule has 2 aromatic rings. The predicted octanol–water partition coefficient (Wildman–Crippen LogP) is 2.48. The number of hydrogen-bond donors (Lipinski definition) is 1. The van der Waals surface area contributed by atoms with Crippen LogP contribution in [0, 0.1) is 5.82 Å². The van der Waals surface area contributed by atoms with Crippen LogP contribution in [0.2, 0.25) is 0 Å². The first-order chi connectivity index (χ1) is 12.5. The molecule has 1 fully saturated rings. The van der Waals surface area contributed by atoms with E-state index in [1.165, 1.54) is 16.4 Å². The minimum atomic E-state index is -3.97. The smallest absolute Gasteiger partial charge is 0.246 e. The highest BCUT2D eigenvalue weighted by Crippen LogP contribution is 2.24. The van der Waals surface area contributed by atoms with Crippen LogP contribution in [0.4, 0.5) is 10.1 Å². The van der Waals surface area contributed by atoms with E-state index in [-0.39, 0.29) is 44.3 Å². The first-order valence-electron chi connectivity index (χ1n) is 8.15. The Kier molecular flexibility index (Phi) is 6.02. The standard InChI is InChI=1S/C17H19FN2O4S2/c18-15-3-2-14(19-17(21)4-1-13-5-10-25-12-13)11-16(15)26(22,23)20-6-8-24-9-7-20/h2-3,5,10-12H,1,4,6-9H2,(H,19,21). The van der Waals surface area contributed by atoms with Crippen molar-refractivity contribution in [3.8, 4) is 0 Å². The van der Waals surface area contributed by atoms with Crippen molar-refractivity contribution in [3.05, 3.63) is 46.4 Å². The molecule has 1 aliphatic heterocycles. The number of thiophene rings is 1. The fourth-order valence-electron chi connectivity index (χ4n) is 2.62. The van der Waals surface area contributed by atoms with Gasteiger partial charge in [-0.05, 0) is 47.0 Å². The van der Waals surface area contributed by atoms with Gasteiger partial charge in [0, 0.05) is 25.2 Å². The van der Waals surface area contributed by atoms with Crippen LogP contribution in [0.15, 0.2) is 39.9 Å². The van der Waals surface area contributed by atoms with E-state index in [1.54, 1.807) is 11.3 Å². The number of anilines is 1. The van der Waals surface area contributed by atoms with Gasteiger partial charge in [-0.15, -0.1) is 0 Å². The minimum absolute atomic E-state index is 0.180. The van der Waals surface area contributed by atoms with E-state index in [9.17, 15) is 17.6 Å². The van der Waals surface area contributed by atoms with Crippen LogP contribution in [0.5, 0.6) is 0 Å². The van der Waals surface area contributed by atoms with Crippen molar-refractivity contribution in [3.63, 3.8) is 0 Å². The Bertz CT molecular complexity index is 863. The van der Waals surface area contributed by atoms with Crippen molar-refractivity contribution >= 4 is 33.0 Å². The molecule has 0 unspecified atom stereocenters. The molecule has 1 aromatic carbocycles. The van der Waals surface area contributed by atoms with E-state index in [0.717, 1.165) is 11.6 Å². The lowest BCUT2D eigenvalue weighted by molar-refractivity contribution is -0.116. The molecule has 3 rings (SSSR count). The number of halogens is 1. The summed E-state index contributed by atoms with van der Waals surface area (Å²) in [5, 5.41) is 6.55. The van der Waals surface area contributed by atoms with Gasteiger partial charge in [0.05, 0.1) is 13.2 Å². The first kappa shape index (κ1) is 19.0. The maximum absolute atomic E-state index is 14.1. The first-order valence-corrected chi connectivity index (χ1v) is 10.5. The van der Waals surface area contributed by atoms with Gasteiger partial charge in [0.2, 0.25) is 15.9 Å². The van der Waals surface area contributed by atoms with Gasteiger partial charge in [0.15, 0.2) is 0 Å². The molecule has 140 valence electrons. The molecular weight excluding hydrogens is 379 g/mol. The average molecular weight is 398 g/mol. The van der Waals surface area contributed by atoms with Crippen molar-refractivity contribution in [2.45, 2.75) is 17.7 Å². The van der Waals surface area contributed by atoms with E-state index < -0.39 is 20.7 Å². The van der Waals surface area contributed by atoms with Crippen LogP contribution in [-0.4, -0.2) is 44.9 Å². The van der Waals surface area contributed by atoms with Crippen LogP contribution < -0.4 is 5.32 Å². The summed E-state index contributed by atoms with van der Waals surface area (Å²) in [6.07, 6.45) is 0.856. The molecular formula is C17H19FN2O4S2. The molecule has 9 heteroatoms. The van der Waals surface area contributed by atoms with Crippen molar-refractivity contribution in [1.29, 1.82) is 0 Å². The van der Waals surface area contributed by atoms with Crippen molar-refractivity contribution in [2.24, 2.45) is 0 Å². The topological polar surface area (TPSA) is 75.7 Å². The van der Waals surface area contributed by atoms with E-state index >= 15 is 0 Å². The third-order valence-electron chi connectivity index (χ3n) is 4.02. The number of nitrogens with one attached hydrogen (secondary N) is 1. The zero-order valence-corrected chi connectivity index (χ0v) is 15.6. The molecule has 1 amide bonds. The van der Waals surface area contributed by atoms with Crippen molar-refractivity contribution < 1.29 is 22.3 Å². The lowest BCUT2D eigenvalue weighted by atomic mass is 10.2. The highest BCUT2D eigenvalue weighted by atomic mass is 32.2.